The summed E-state index contributed by atoms with van der Waals surface area (Å²) in [7, 11) is 0. The van der Waals surface area contributed by atoms with Gasteiger partial charge in [-0.05, 0) is 12.1 Å². The molecule has 2 unspecified atom stereocenters. The van der Waals surface area contributed by atoms with Gasteiger partial charge in [0.05, 0.1) is 4.92 Å². The maximum absolute atomic E-state index is 10.5. The monoisotopic (exact) mass is 315 g/mol. The smallest absolute Gasteiger partial charge is 0.295 e. The highest BCUT2D eigenvalue weighted by Crippen LogP contribution is 2.25. The van der Waals surface area contributed by atoms with Crippen LogP contribution in [0.4, 0.5) is 5.69 Å². The van der Waals surface area contributed by atoms with Crippen LogP contribution in [0.1, 0.15) is 0 Å². The predicted octanol–water partition coefficient (Wildman–Crippen LogP) is -1.09. The van der Waals surface area contributed by atoms with Gasteiger partial charge in [0, 0.05) is 12.1 Å². The third-order valence-corrected chi connectivity index (χ3v) is 3.02. The van der Waals surface area contributed by atoms with Gasteiger partial charge in [0.1, 0.15) is 24.1 Å². The number of nitro groups is 1. The number of hydrogen-bond acceptors (Lipinski definition) is 9. The molecule has 2 rings (SSSR count). The van der Waals surface area contributed by atoms with Crippen LogP contribution in [0.3, 0.4) is 0 Å². The molecule has 1 saturated heterocycles. The number of nitro benzene ring substituents is 1. The minimum Gasteiger partial charge on any atom is -0.462 e. The zero-order valence-corrected chi connectivity index (χ0v) is 11.0. The Morgan fingerprint density at radius 1 is 1.09 bits per heavy atom. The summed E-state index contributed by atoms with van der Waals surface area (Å²) in [5.74, 6) is 0.114. The van der Waals surface area contributed by atoms with E-state index >= 15 is 0 Å². The normalized spacial score (nSPS) is 31.3. The Morgan fingerprint density at radius 2 is 1.68 bits per heavy atom. The fourth-order valence-electron chi connectivity index (χ4n) is 1.86. The highest BCUT2D eigenvalue weighted by molar-refractivity contribution is 5.37. The first-order valence-electron chi connectivity index (χ1n) is 6.14. The summed E-state index contributed by atoms with van der Waals surface area (Å²) in [5, 5.41) is 39.6. The van der Waals surface area contributed by atoms with E-state index in [-0.39, 0.29) is 17.9 Å². The summed E-state index contributed by atoms with van der Waals surface area (Å²) < 4.78 is 14.7. The van der Waals surface area contributed by atoms with Crippen LogP contribution in [0.2, 0.25) is 0 Å². The van der Waals surface area contributed by atoms with Crippen molar-refractivity contribution >= 4 is 12.2 Å². The number of aliphatic hydroxyl groups is 3. The lowest BCUT2D eigenvalue weighted by molar-refractivity contribution is -0.384. The molecular weight excluding hydrogens is 302 g/mol. The molecule has 0 aliphatic carbocycles. The van der Waals surface area contributed by atoms with E-state index in [1.165, 1.54) is 24.3 Å². The van der Waals surface area contributed by atoms with E-state index in [2.05, 4.69) is 4.74 Å². The van der Waals surface area contributed by atoms with Gasteiger partial charge in [0.15, 0.2) is 0 Å². The maximum atomic E-state index is 10.5. The van der Waals surface area contributed by atoms with Crippen molar-refractivity contribution in [3.05, 3.63) is 34.4 Å². The third kappa shape index (κ3) is 3.31. The molecule has 1 aliphatic rings. The van der Waals surface area contributed by atoms with Crippen LogP contribution < -0.4 is 4.74 Å². The van der Waals surface area contributed by atoms with Crippen LogP contribution in [0, 0.1) is 10.1 Å². The number of hydrogen-bond donors (Lipinski definition) is 3. The lowest BCUT2D eigenvalue weighted by atomic mass is 10.0. The van der Waals surface area contributed by atoms with Crippen LogP contribution in [-0.2, 0) is 14.3 Å². The van der Waals surface area contributed by atoms with Crippen molar-refractivity contribution in [1.82, 2.24) is 0 Å². The first kappa shape index (κ1) is 16.1. The molecule has 0 spiro atoms. The van der Waals surface area contributed by atoms with E-state index in [4.69, 9.17) is 9.47 Å². The molecule has 1 heterocycles. The number of nitrogens with zero attached hydrogens (tertiary/aromatic N) is 1. The number of aliphatic hydroxyl groups excluding tert-OH is 3. The Kier molecular flexibility index (Phi) is 4.88. The molecule has 1 aliphatic heterocycles. The largest absolute Gasteiger partial charge is 0.462 e. The molecule has 22 heavy (non-hydrogen) atoms. The molecule has 1 aromatic carbocycles. The Labute approximate surface area is 123 Å². The lowest BCUT2D eigenvalue weighted by Gasteiger charge is -2.38. The molecule has 5 atom stereocenters. The second kappa shape index (κ2) is 6.66. The molecule has 0 radical (unpaired) electrons. The van der Waals surface area contributed by atoms with E-state index in [1.54, 1.807) is 0 Å². The highest BCUT2D eigenvalue weighted by atomic mass is 16.8. The van der Waals surface area contributed by atoms with E-state index in [0.29, 0.717) is 0 Å². The van der Waals surface area contributed by atoms with Crippen molar-refractivity contribution in [3.63, 3.8) is 0 Å². The molecule has 120 valence electrons. The number of non-ortho nitro benzene ring substituents is 1. The van der Waals surface area contributed by atoms with Crippen LogP contribution in [0.5, 0.6) is 5.75 Å². The van der Waals surface area contributed by atoms with Gasteiger partial charge in [-0.1, -0.05) is 0 Å². The number of rotatable bonds is 5. The summed E-state index contributed by atoms with van der Waals surface area (Å²) in [5.41, 5.74) is -0.157. The molecular formula is C12H13NO9. The zero-order valence-electron chi connectivity index (χ0n) is 11.0. The molecule has 0 amide bonds. The lowest BCUT2D eigenvalue weighted by Crippen LogP contribution is -2.59. The molecule has 10 nitrogen and oxygen atoms in total. The van der Waals surface area contributed by atoms with Gasteiger partial charge in [0.2, 0.25) is 12.6 Å². The van der Waals surface area contributed by atoms with Gasteiger partial charge in [0.25, 0.3) is 12.2 Å². The van der Waals surface area contributed by atoms with Gasteiger partial charge in [-0.25, -0.2) is 0 Å². The van der Waals surface area contributed by atoms with Gasteiger partial charge in [-0.2, -0.15) is 0 Å². The predicted molar refractivity (Wildman–Crippen MR) is 67.6 cm³/mol. The minimum absolute atomic E-state index is 0.0151. The standard InChI is InChI=1S/C12H13NO9/c14-5-20-11-9(16)8(15)10(17)12(22-11)21-7-3-1-6(2-4-7)13(18)19/h1-5,8-12,15-17H/t8-,9-,10?,11?,12+/m0/s1. The quantitative estimate of drug-likeness (QED) is 0.350. The van der Waals surface area contributed by atoms with Crippen molar-refractivity contribution in [2.24, 2.45) is 0 Å². The third-order valence-electron chi connectivity index (χ3n) is 3.02. The van der Waals surface area contributed by atoms with Gasteiger partial charge in [-0.3, -0.25) is 19.6 Å². The van der Waals surface area contributed by atoms with E-state index in [9.17, 15) is 30.2 Å². The molecule has 1 aromatic rings. The summed E-state index contributed by atoms with van der Waals surface area (Å²) in [4.78, 5) is 20.3. The van der Waals surface area contributed by atoms with Gasteiger partial charge in [-0.15, -0.1) is 0 Å². The van der Waals surface area contributed by atoms with E-state index < -0.39 is 35.8 Å². The first-order chi connectivity index (χ1) is 10.4. The van der Waals surface area contributed by atoms with Gasteiger partial charge >= 0.3 is 0 Å². The topological polar surface area (TPSA) is 149 Å². The van der Waals surface area contributed by atoms with Crippen molar-refractivity contribution in [2.45, 2.75) is 30.9 Å². The SMILES string of the molecule is O=COC1O[C@@H](Oc2ccc([N+](=O)[O-])cc2)C(O)[C@@H](O)[C@@H]1O. The molecule has 10 heteroatoms. The molecule has 0 bridgehead atoms. The van der Waals surface area contributed by atoms with Crippen LogP contribution in [0.15, 0.2) is 24.3 Å². The van der Waals surface area contributed by atoms with Crippen molar-refractivity contribution < 1.29 is 39.2 Å². The van der Waals surface area contributed by atoms with E-state index in [0.717, 1.165) is 0 Å². The maximum Gasteiger partial charge on any atom is 0.295 e. The summed E-state index contributed by atoms with van der Waals surface area (Å²) in [6.07, 6.45) is -7.88. The number of carbonyl (C=O) groups excluding carboxylic acids is 1. The molecule has 0 saturated carbocycles. The van der Waals surface area contributed by atoms with E-state index in [1.807, 2.05) is 0 Å². The summed E-state index contributed by atoms with van der Waals surface area (Å²) in [6, 6.07) is 4.88. The van der Waals surface area contributed by atoms with Crippen LogP contribution in [0.25, 0.3) is 0 Å². The van der Waals surface area contributed by atoms with Crippen LogP contribution >= 0.6 is 0 Å². The molecule has 3 N–H and O–H groups in total. The summed E-state index contributed by atoms with van der Waals surface area (Å²) in [6.45, 7) is 0.0151. The van der Waals surface area contributed by atoms with Crippen molar-refractivity contribution in [1.29, 1.82) is 0 Å². The number of carbonyl (C=O) groups is 1. The van der Waals surface area contributed by atoms with Gasteiger partial charge < -0.3 is 24.8 Å². The second-order valence-electron chi connectivity index (χ2n) is 4.45. The Balaban J connectivity index is 2.09. The zero-order chi connectivity index (χ0) is 16.3. The van der Waals surface area contributed by atoms with Crippen LogP contribution in [-0.4, -0.2) is 57.6 Å². The van der Waals surface area contributed by atoms with Crippen molar-refractivity contribution in [2.75, 3.05) is 0 Å². The minimum atomic E-state index is -1.67. The van der Waals surface area contributed by atoms with Crippen molar-refractivity contribution in [3.8, 4) is 5.75 Å². The number of benzene rings is 1. The second-order valence-corrected chi connectivity index (χ2v) is 4.45. The Bertz CT molecular complexity index is 534. The molecule has 0 aromatic heterocycles. The average Bonchev–Trinajstić information content (AvgIpc) is 2.50. The Morgan fingerprint density at radius 3 is 2.23 bits per heavy atom. The summed E-state index contributed by atoms with van der Waals surface area (Å²) >= 11 is 0. The molecule has 1 fully saturated rings. The average molecular weight is 315 g/mol. The fraction of sp³-hybridized carbons (Fsp3) is 0.417. The fourth-order valence-corrected chi connectivity index (χ4v) is 1.86. The Hall–Kier alpha value is -2.27. The highest BCUT2D eigenvalue weighted by Gasteiger charge is 2.46. The first-order valence-corrected chi connectivity index (χ1v) is 6.14. The number of ether oxygens (including phenoxy) is 3.